The first-order chi connectivity index (χ1) is 15.0. The van der Waals surface area contributed by atoms with Gasteiger partial charge in [-0.3, -0.25) is 4.79 Å². The number of aliphatic hydroxyl groups excluding tert-OH is 1. The molecule has 2 aliphatic carbocycles. The summed E-state index contributed by atoms with van der Waals surface area (Å²) in [7, 11) is 0. The van der Waals surface area contributed by atoms with Crippen LogP contribution >= 0.6 is 0 Å². The lowest BCUT2D eigenvalue weighted by Gasteiger charge is -2.20. The maximum atomic E-state index is 12.3. The number of ether oxygens (including phenoxy) is 2. The molecule has 0 heterocycles. The summed E-state index contributed by atoms with van der Waals surface area (Å²) in [6, 6.07) is 0. The van der Waals surface area contributed by atoms with Gasteiger partial charge < -0.3 is 14.6 Å². The molecule has 0 spiro atoms. The summed E-state index contributed by atoms with van der Waals surface area (Å²) in [5.41, 5.74) is 0.0495. The maximum Gasteiger partial charge on any atom is 0.392 e. The molecule has 2 unspecified atom stereocenters. The molecule has 8 heteroatoms. The highest BCUT2D eigenvalue weighted by Gasteiger charge is 2.47. The van der Waals surface area contributed by atoms with Crippen molar-refractivity contribution in [1.29, 1.82) is 0 Å². The van der Waals surface area contributed by atoms with E-state index in [0.717, 1.165) is 6.08 Å². The standard InChI is InChI=1S/C24H31F3O5/c1-17(2)32-22(30)16-31-14-6-4-7-18-9-10-20(28)19(18)15-23(12-13-23)21(29)8-3-5-11-24(25,26)27/h3-6,9-10,15,17-18,21,29H,7-8,11-14,16H2,1-2H3/b5-3-,6-4-,19-15+. The van der Waals surface area contributed by atoms with Crippen LogP contribution in [0, 0.1) is 11.3 Å². The van der Waals surface area contributed by atoms with Crippen molar-refractivity contribution in [1.82, 2.24) is 0 Å². The number of allylic oxidation sites excluding steroid dienone is 5. The third kappa shape index (κ3) is 8.74. The second-order valence-corrected chi connectivity index (χ2v) is 8.47. The molecule has 0 radical (unpaired) electrons. The van der Waals surface area contributed by atoms with Gasteiger partial charge in [0.05, 0.1) is 25.2 Å². The minimum atomic E-state index is -4.26. The van der Waals surface area contributed by atoms with Gasteiger partial charge in [0.25, 0.3) is 0 Å². The van der Waals surface area contributed by atoms with E-state index < -0.39 is 30.1 Å². The second-order valence-electron chi connectivity index (χ2n) is 8.47. The zero-order valence-electron chi connectivity index (χ0n) is 18.4. The molecule has 0 aliphatic heterocycles. The van der Waals surface area contributed by atoms with E-state index in [1.54, 1.807) is 19.9 Å². The van der Waals surface area contributed by atoms with Crippen molar-refractivity contribution in [3.05, 3.63) is 48.1 Å². The Bertz CT molecular complexity index is 773. The average Bonchev–Trinajstić information content (AvgIpc) is 3.40. The lowest BCUT2D eigenvalue weighted by atomic mass is 9.88. The van der Waals surface area contributed by atoms with E-state index in [4.69, 9.17) is 9.47 Å². The van der Waals surface area contributed by atoms with E-state index in [1.165, 1.54) is 12.2 Å². The summed E-state index contributed by atoms with van der Waals surface area (Å²) in [5, 5.41) is 10.5. The van der Waals surface area contributed by atoms with Crippen LogP contribution in [0.1, 0.15) is 46.0 Å². The van der Waals surface area contributed by atoms with Crippen molar-refractivity contribution in [2.75, 3.05) is 13.2 Å². The smallest absolute Gasteiger partial charge is 0.392 e. The van der Waals surface area contributed by atoms with Gasteiger partial charge in [-0.15, -0.1) is 0 Å². The van der Waals surface area contributed by atoms with Crippen LogP contribution in [-0.2, 0) is 19.1 Å². The number of carbonyl (C=O) groups is 2. The van der Waals surface area contributed by atoms with Gasteiger partial charge in [-0.25, -0.2) is 4.79 Å². The minimum Gasteiger partial charge on any atom is -0.461 e. The highest BCUT2D eigenvalue weighted by Crippen LogP contribution is 2.53. The van der Waals surface area contributed by atoms with E-state index >= 15 is 0 Å². The molecule has 2 aliphatic rings. The van der Waals surface area contributed by atoms with E-state index in [-0.39, 0.29) is 37.4 Å². The third-order valence-corrected chi connectivity index (χ3v) is 5.33. The van der Waals surface area contributed by atoms with Crippen LogP contribution in [0.2, 0.25) is 0 Å². The first-order valence-electron chi connectivity index (χ1n) is 10.8. The number of ketones is 1. The van der Waals surface area contributed by atoms with E-state index in [2.05, 4.69) is 0 Å². The van der Waals surface area contributed by atoms with Gasteiger partial charge in [0, 0.05) is 16.9 Å². The first-order valence-corrected chi connectivity index (χ1v) is 10.8. The number of esters is 1. The Labute approximate surface area is 186 Å². The van der Waals surface area contributed by atoms with E-state index in [9.17, 15) is 27.9 Å². The average molecular weight is 457 g/mol. The van der Waals surface area contributed by atoms with E-state index in [0.29, 0.717) is 24.8 Å². The van der Waals surface area contributed by atoms with Crippen molar-refractivity contribution in [2.24, 2.45) is 11.3 Å². The molecule has 2 rings (SSSR count). The van der Waals surface area contributed by atoms with Gasteiger partial charge in [0.15, 0.2) is 5.78 Å². The molecule has 2 atom stereocenters. The van der Waals surface area contributed by atoms with Crippen molar-refractivity contribution in [2.45, 2.75) is 64.3 Å². The molecule has 0 bridgehead atoms. The number of carbonyl (C=O) groups excluding carboxylic acids is 2. The Kier molecular flexibility index (Phi) is 9.46. The van der Waals surface area contributed by atoms with Gasteiger partial charge >= 0.3 is 12.1 Å². The lowest BCUT2D eigenvalue weighted by molar-refractivity contribution is -0.152. The highest BCUT2D eigenvalue weighted by atomic mass is 19.4. The molecule has 1 N–H and O–H groups in total. The summed E-state index contributed by atoms with van der Waals surface area (Å²) < 4.78 is 46.9. The Morgan fingerprint density at radius 2 is 1.97 bits per heavy atom. The summed E-state index contributed by atoms with van der Waals surface area (Å²) >= 11 is 0. The molecule has 0 saturated heterocycles. The highest BCUT2D eigenvalue weighted by molar-refractivity contribution is 6.07. The Morgan fingerprint density at radius 1 is 1.25 bits per heavy atom. The van der Waals surface area contributed by atoms with Gasteiger partial charge in [-0.05, 0) is 45.6 Å². The van der Waals surface area contributed by atoms with Gasteiger partial charge in [-0.2, -0.15) is 13.2 Å². The number of alkyl halides is 3. The zero-order chi connectivity index (χ0) is 23.8. The number of hydrogen-bond donors (Lipinski definition) is 1. The third-order valence-electron chi connectivity index (χ3n) is 5.33. The van der Waals surface area contributed by atoms with Crippen molar-refractivity contribution >= 4 is 11.8 Å². The van der Waals surface area contributed by atoms with Crippen LogP contribution in [0.5, 0.6) is 0 Å². The second kappa shape index (κ2) is 11.6. The fourth-order valence-corrected chi connectivity index (χ4v) is 3.49. The summed E-state index contributed by atoms with van der Waals surface area (Å²) in [4.78, 5) is 23.7. The maximum absolute atomic E-state index is 12.3. The van der Waals surface area contributed by atoms with E-state index in [1.807, 2.05) is 18.2 Å². The molecule has 1 fully saturated rings. The quantitative estimate of drug-likeness (QED) is 0.201. The number of hydrogen-bond acceptors (Lipinski definition) is 5. The number of rotatable bonds is 12. The molecule has 0 aromatic heterocycles. The molecule has 5 nitrogen and oxygen atoms in total. The predicted octanol–water partition coefficient (Wildman–Crippen LogP) is 4.62. The molecule has 32 heavy (non-hydrogen) atoms. The zero-order valence-corrected chi connectivity index (χ0v) is 18.4. The molecule has 0 amide bonds. The molecule has 0 aromatic rings. The van der Waals surface area contributed by atoms with Crippen LogP contribution in [0.25, 0.3) is 0 Å². The number of aliphatic hydroxyl groups is 1. The first kappa shape index (κ1) is 26.1. The Morgan fingerprint density at radius 3 is 2.59 bits per heavy atom. The van der Waals surface area contributed by atoms with Crippen molar-refractivity contribution in [3.8, 4) is 0 Å². The summed E-state index contributed by atoms with van der Waals surface area (Å²) in [6.07, 6.45) is 6.90. The molecule has 0 aromatic carbocycles. The summed E-state index contributed by atoms with van der Waals surface area (Å²) in [5.74, 6) is -0.665. The van der Waals surface area contributed by atoms with Gasteiger partial charge in [0.2, 0.25) is 0 Å². The molecule has 1 saturated carbocycles. The van der Waals surface area contributed by atoms with Crippen LogP contribution < -0.4 is 0 Å². The normalized spacial score (nSPS) is 22.5. The predicted molar refractivity (Wildman–Crippen MR) is 114 cm³/mol. The molecular weight excluding hydrogens is 425 g/mol. The minimum absolute atomic E-state index is 0.109. The monoisotopic (exact) mass is 456 g/mol. The topological polar surface area (TPSA) is 72.8 Å². The Balaban J connectivity index is 1.84. The van der Waals surface area contributed by atoms with Crippen LogP contribution in [0.15, 0.2) is 48.1 Å². The fraction of sp³-hybridized carbons (Fsp3) is 0.583. The number of halogens is 3. The van der Waals surface area contributed by atoms with Gasteiger partial charge in [0.1, 0.15) is 6.61 Å². The van der Waals surface area contributed by atoms with Crippen LogP contribution in [0.4, 0.5) is 13.2 Å². The lowest BCUT2D eigenvalue weighted by Crippen LogP contribution is -2.21. The fourth-order valence-electron chi connectivity index (χ4n) is 3.49. The molecule has 178 valence electrons. The molecular formula is C24H31F3O5. The SMILES string of the molecule is CC(C)OC(=O)COC/C=C\CC1C=CC(=O)/C1=C/C1(C(O)C/C=C\CC(F)(F)F)CC1. The van der Waals surface area contributed by atoms with Crippen LogP contribution in [0.3, 0.4) is 0 Å². The van der Waals surface area contributed by atoms with Crippen molar-refractivity contribution < 1.29 is 37.3 Å². The van der Waals surface area contributed by atoms with Crippen LogP contribution in [-0.4, -0.2) is 48.5 Å². The Hall–Kier alpha value is -2.19. The largest absolute Gasteiger partial charge is 0.461 e. The van der Waals surface area contributed by atoms with Gasteiger partial charge in [-0.1, -0.05) is 36.5 Å². The van der Waals surface area contributed by atoms with Crippen molar-refractivity contribution in [3.63, 3.8) is 0 Å². The summed E-state index contributed by atoms with van der Waals surface area (Å²) in [6.45, 7) is 3.63.